The lowest BCUT2D eigenvalue weighted by molar-refractivity contribution is -0.124. The van der Waals surface area contributed by atoms with Crippen LogP contribution in [0, 0.1) is 0 Å². The van der Waals surface area contributed by atoms with Crippen LogP contribution in [-0.4, -0.2) is 36.2 Å². The molecule has 30 heavy (non-hydrogen) atoms. The molecule has 2 fully saturated rings. The average Bonchev–Trinajstić information content (AvgIpc) is 3.43. The van der Waals surface area contributed by atoms with E-state index < -0.39 is 5.41 Å². The summed E-state index contributed by atoms with van der Waals surface area (Å²) in [4.78, 5) is 27.6. The first-order valence-electron chi connectivity index (χ1n) is 11.1. The average molecular weight is 401 g/mol. The first-order valence-corrected chi connectivity index (χ1v) is 11.1. The molecule has 4 nitrogen and oxygen atoms in total. The molecule has 0 unspecified atom stereocenters. The third-order valence-corrected chi connectivity index (χ3v) is 6.84. The van der Waals surface area contributed by atoms with Crippen LogP contribution in [0.3, 0.4) is 0 Å². The number of hydrogen-bond donors (Lipinski definition) is 1. The van der Waals surface area contributed by atoms with Crippen LogP contribution >= 0.6 is 0 Å². The van der Waals surface area contributed by atoms with E-state index in [0.717, 1.165) is 49.2 Å². The second kappa shape index (κ2) is 7.84. The number of hydrogen-bond acceptors (Lipinski definition) is 3. The molecule has 2 aromatic rings. The number of ketones is 1. The van der Waals surface area contributed by atoms with Gasteiger partial charge in [-0.15, -0.1) is 0 Å². The summed E-state index contributed by atoms with van der Waals surface area (Å²) < 4.78 is 0. The Kier molecular flexibility index (Phi) is 5.03. The lowest BCUT2D eigenvalue weighted by Crippen LogP contribution is -2.42. The van der Waals surface area contributed by atoms with Crippen molar-refractivity contribution in [1.82, 2.24) is 10.2 Å². The van der Waals surface area contributed by atoms with Crippen LogP contribution in [0.15, 0.2) is 54.6 Å². The fraction of sp³-hybridized carbons (Fsp3) is 0.385. The van der Waals surface area contributed by atoms with Crippen molar-refractivity contribution in [2.75, 3.05) is 19.6 Å². The number of carbonyl (C=O) groups is 2. The number of benzene rings is 2. The summed E-state index contributed by atoms with van der Waals surface area (Å²) in [6, 6.07) is 16.5. The summed E-state index contributed by atoms with van der Waals surface area (Å²) in [5, 5.41) is 3.40. The summed E-state index contributed by atoms with van der Waals surface area (Å²) in [6.07, 6.45) is 8.23. The van der Waals surface area contributed by atoms with Gasteiger partial charge in [-0.25, -0.2) is 0 Å². The van der Waals surface area contributed by atoms with E-state index in [4.69, 9.17) is 0 Å². The summed E-state index contributed by atoms with van der Waals surface area (Å²) in [6.45, 7) is 3.08. The van der Waals surface area contributed by atoms with Crippen molar-refractivity contribution in [3.63, 3.8) is 0 Å². The number of amides is 1. The molecular weight excluding hydrogens is 372 g/mol. The third kappa shape index (κ3) is 3.72. The Balaban J connectivity index is 1.37. The van der Waals surface area contributed by atoms with E-state index in [1.807, 2.05) is 30.3 Å². The van der Waals surface area contributed by atoms with Gasteiger partial charge in [0.25, 0.3) is 0 Å². The van der Waals surface area contributed by atoms with Crippen LogP contribution in [0.1, 0.15) is 54.0 Å². The molecular formula is C26H28N2O2. The lowest BCUT2D eigenvalue weighted by atomic mass is 9.88. The highest BCUT2D eigenvalue weighted by Crippen LogP contribution is 2.49. The monoisotopic (exact) mass is 400 g/mol. The van der Waals surface area contributed by atoms with E-state index in [1.54, 1.807) is 6.08 Å². The molecule has 2 aliphatic carbocycles. The van der Waals surface area contributed by atoms with Crippen LogP contribution in [0.25, 0.3) is 6.08 Å². The first-order chi connectivity index (χ1) is 14.6. The number of carbonyl (C=O) groups excluding carboxylic acids is 2. The van der Waals surface area contributed by atoms with Gasteiger partial charge in [0.2, 0.25) is 5.91 Å². The van der Waals surface area contributed by atoms with Gasteiger partial charge in [0, 0.05) is 13.0 Å². The van der Waals surface area contributed by atoms with Crippen molar-refractivity contribution < 1.29 is 9.59 Å². The number of nitrogens with one attached hydrogen (secondary N) is 1. The molecule has 0 radical (unpaired) electrons. The highest BCUT2D eigenvalue weighted by Gasteiger charge is 2.51. The van der Waals surface area contributed by atoms with Crippen LogP contribution < -0.4 is 5.32 Å². The zero-order valence-electron chi connectivity index (χ0n) is 17.3. The van der Waals surface area contributed by atoms with Gasteiger partial charge in [-0.2, -0.15) is 0 Å². The van der Waals surface area contributed by atoms with Gasteiger partial charge in [0.05, 0.1) is 11.5 Å². The van der Waals surface area contributed by atoms with Crippen LogP contribution in [0.4, 0.5) is 0 Å². The second-order valence-corrected chi connectivity index (χ2v) is 8.92. The van der Waals surface area contributed by atoms with Crippen molar-refractivity contribution >= 4 is 17.8 Å². The van der Waals surface area contributed by atoms with E-state index in [1.165, 1.54) is 18.4 Å². The van der Waals surface area contributed by atoms with Gasteiger partial charge in [-0.05, 0) is 67.1 Å². The molecule has 0 aromatic heterocycles. The number of likely N-dealkylation sites (tertiary alicyclic amines) is 1. The Labute approximate surface area is 178 Å². The minimum absolute atomic E-state index is 0.00409. The van der Waals surface area contributed by atoms with Crippen molar-refractivity contribution in [2.45, 2.75) is 43.6 Å². The molecule has 1 saturated carbocycles. The lowest BCUT2D eigenvalue weighted by Gasteiger charge is -2.27. The van der Waals surface area contributed by atoms with E-state index in [-0.39, 0.29) is 17.7 Å². The van der Waals surface area contributed by atoms with Gasteiger partial charge in [0.1, 0.15) is 0 Å². The summed E-state index contributed by atoms with van der Waals surface area (Å²) in [7, 11) is 0. The molecule has 5 rings (SSSR count). The van der Waals surface area contributed by atoms with Crippen molar-refractivity contribution in [1.29, 1.82) is 0 Å². The maximum atomic E-state index is 13.5. The standard InChI is InChI=1S/C26H28N2O2/c29-23-11-9-20-16-22(10-8-21(20)17-23)26(12-13-26)25(30)27-24(18-28-14-4-5-15-28)19-6-2-1-3-7-19/h1-3,6-11,16,24H,4-5,12-15,17-18H2,(H,27,30)/t24-/m1/s1. The molecule has 1 atom stereocenters. The smallest absolute Gasteiger partial charge is 0.231 e. The summed E-state index contributed by atoms with van der Waals surface area (Å²) in [5.41, 5.74) is 3.94. The van der Waals surface area contributed by atoms with Crippen molar-refractivity contribution in [3.8, 4) is 0 Å². The number of allylic oxidation sites excluding steroid dienone is 1. The number of nitrogens with zero attached hydrogens (tertiary/aromatic N) is 1. The maximum absolute atomic E-state index is 13.5. The predicted octanol–water partition coefficient (Wildman–Crippen LogP) is 3.81. The summed E-state index contributed by atoms with van der Waals surface area (Å²) >= 11 is 0. The molecule has 0 bridgehead atoms. The van der Waals surface area contributed by atoms with Crippen LogP contribution in [0.2, 0.25) is 0 Å². The zero-order valence-corrected chi connectivity index (χ0v) is 17.3. The molecule has 3 aliphatic rings. The van der Waals surface area contributed by atoms with Gasteiger partial charge in [-0.1, -0.05) is 54.6 Å². The van der Waals surface area contributed by atoms with E-state index in [0.29, 0.717) is 6.42 Å². The second-order valence-electron chi connectivity index (χ2n) is 8.92. The van der Waals surface area contributed by atoms with Crippen molar-refractivity contribution in [3.05, 3.63) is 76.9 Å². The fourth-order valence-electron chi connectivity index (χ4n) is 4.85. The molecule has 0 spiro atoms. The van der Waals surface area contributed by atoms with Crippen LogP contribution in [-0.2, 0) is 21.4 Å². The Morgan fingerprint density at radius 1 is 1.03 bits per heavy atom. The van der Waals surface area contributed by atoms with E-state index >= 15 is 0 Å². The highest BCUT2D eigenvalue weighted by atomic mass is 16.2. The molecule has 1 N–H and O–H groups in total. The Hall–Kier alpha value is -2.72. The number of rotatable bonds is 6. The first kappa shape index (κ1) is 19.3. The minimum Gasteiger partial charge on any atom is -0.347 e. The minimum atomic E-state index is -0.428. The maximum Gasteiger partial charge on any atom is 0.231 e. The summed E-state index contributed by atoms with van der Waals surface area (Å²) in [5.74, 6) is 0.271. The Bertz CT molecular complexity index is 985. The Morgan fingerprint density at radius 2 is 1.80 bits per heavy atom. The molecule has 1 saturated heterocycles. The molecule has 1 heterocycles. The quantitative estimate of drug-likeness (QED) is 0.802. The Morgan fingerprint density at radius 3 is 2.53 bits per heavy atom. The van der Waals surface area contributed by atoms with E-state index in [9.17, 15) is 9.59 Å². The van der Waals surface area contributed by atoms with Crippen LogP contribution in [0.5, 0.6) is 0 Å². The van der Waals surface area contributed by atoms with Gasteiger partial charge in [-0.3, -0.25) is 9.59 Å². The van der Waals surface area contributed by atoms with Gasteiger partial charge < -0.3 is 10.2 Å². The molecule has 154 valence electrons. The molecule has 2 aromatic carbocycles. The van der Waals surface area contributed by atoms with E-state index in [2.05, 4.69) is 34.5 Å². The zero-order chi connectivity index (χ0) is 20.6. The molecule has 4 heteroatoms. The largest absolute Gasteiger partial charge is 0.347 e. The normalized spacial score (nSPS) is 20.6. The fourth-order valence-corrected chi connectivity index (χ4v) is 4.85. The number of fused-ring (bicyclic) bond motifs is 1. The molecule has 1 aliphatic heterocycles. The SMILES string of the molecule is O=C1C=Cc2cc(C3(C(=O)N[C@H](CN4CCCC4)c4ccccc4)CC3)ccc2C1. The van der Waals surface area contributed by atoms with Crippen molar-refractivity contribution in [2.24, 2.45) is 0 Å². The third-order valence-electron chi connectivity index (χ3n) is 6.84. The molecule has 1 amide bonds. The van der Waals surface area contributed by atoms with Gasteiger partial charge >= 0.3 is 0 Å². The highest BCUT2D eigenvalue weighted by molar-refractivity contribution is 5.98. The predicted molar refractivity (Wildman–Crippen MR) is 118 cm³/mol. The topological polar surface area (TPSA) is 49.4 Å². The van der Waals surface area contributed by atoms with Gasteiger partial charge in [0.15, 0.2) is 5.78 Å².